The second-order valence-corrected chi connectivity index (χ2v) is 7.03. The second kappa shape index (κ2) is 6.96. The van der Waals surface area contributed by atoms with Crippen LogP contribution in [0.15, 0.2) is 45.7 Å². The van der Waals surface area contributed by atoms with Crippen LogP contribution in [-0.4, -0.2) is 10.5 Å². The Morgan fingerprint density at radius 1 is 1.19 bits per heavy atom. The van der Waals surface area contributed by atoms with Gasteiger partial charge in [0.2, 0.25) is 0 Å². The molecule has 2 N–H and O–H groups in total. The Morgan fingerprint density at radius 3 is 2.62 bits per heavy atom. The highest BCUT2D eigenvalue weighted by molar-refractivity contribution is 9.10. The SMILES string of the molecule is CC(=O)OCc1c(Br)cccc1-n1c(C)c(C)c2cc(N)ccc2c1=O. The van der Waals surface area contributed by atoms with Crippen LogP contribution in [0.1, 0.15) is 23.7 Å². The average molecular weight is 415 g/mol. The monoisotopic (exact) mass is 414 g/mol. The molecule has 0 unspecified atom stereocenters. The van der Waals surface area contributed by atoms with Crippen molar-refractivity contribution in [1.82, 2.24) is 4.57 Å². The summed E-state index contributed by atoms with van der Waals surface area (Å²) < 4.78 is 7.62. The number of benzene rings is 2. The third-order valence-electron chi connectivity index (χ3n) is 4.51. The van der Waals surface area contributed by atoms with Gasteiger partial charge in [-0.3, -0.25) is 14.2 Å². The van der Waals surface area contributed by atoms with E-state index in [1.807, 2.05) is 38.1 Å². The molecule has 2 aromatic carbocycles. The normalized spacial score (nSPS) is 10.9. The Balaban J connectivity index is 2.33. The molecule has 0 radical (unpaired) electrons. The summed E-state index contributed by atoms with van der Waals surface area (Å²) in [5.41, 5.74) is 9.59. The first-order valence-corrected chi connectivity index (χ1v) is 8.93. The third kappa shape index (κ3) is 3.12. The summed E-state index contributed by atoms with van der Waals surface area (Å²) in [7, 11) is 0. The largest absolute Gasteiger partial charge is 0.461 e. The van der Waals surface area contributed by atoms with E-state index in [1.54, 1.807) is 16.7 Å². The lowest BCUT2D eigenvalue weighted by atomic mass is 10.0. The number of nitrogens with zero attached hydrogens (tertiary/aromatic N) is 1. The van der Waals surface area contributed by atoms with Gasteiger partial charge in [-0.2, -0.15) is 0 Å². The highest BCUT2D eigenvalue weighted by Gasteiger charge is 2.17. The first-order chi connectivity index (χ1) is 12.3. The summed E-state index contributed by atoms with van der Waals surface area (Å²) in [5.74, 6) is -0.374. The molecular formula is C20H19BrN2O3. The van der Waals surface area contributed by atoms with Crippen LogP contribution in [0.5, 0.6) is 0 Å². The van der Waals surface area contributed by atoms with Gasteiger partial charge in [0.15, 0.2) is 0 Å². The number of hydrogen-bond acceptors (Lipinski definition) is 4. The van der Waals surface area contributed by atoms with Crippen molar-refractivity contribution < 1.29 is 9.53 Å². The number of pyridine rings is 1. The number of aromatic nitrogens is 1. The standard InChI is InChI=1S/C20H19BrN2O3/c1-11-12(2)23(20(25)15-8-7-14(22)9-16(11)15)19-6-4-5-18(21)17(19)10-26-13(3)24/h4-9H,10,22H2,1-3H3. The van der Waals surface area contributed by atoms with Gasteiger partial charge in [0.05, 0.1) is 5.69 Å². The maximum atomic E-state index is 13.2. The molecule has 5 nitrogen and oxygen atoms in total. The Bertz CT molecular complexity index is 1090. The molecule has 0 fully saturated rings. The minimum absolute atomic E-state index is 0.0802. The molecular weight excluding hydrogens is 396 g/mol. The van der Waals surface area contributed by atoms with Crippen molar-refractivity contribution in [3.63, 3.8) is 0 Å². The van der Waals surface area contributed by atoms with Gasteiger partial charge in [0.1, 0.15) is 6.61 Å². The molecule has 3 rings (SSSR count). The number of nitrogens with two attached hydrogens (primary N) is 1. The molecule has 0 spiro atoms. The fourth-order valence-electron chi connectivity index (χ4n) is 3.06. The molecule has 0 saturated heterocycles. The number of fused-ring (bicyclic) bond motifs is 1. The van der Waals surface area contributed by atoms with Gasteiger partial charge in [-0.05, 0) is 55.1 Å². The molecule has 0 bridgehead atoms. The number of rotatable bonds is 3. The Hall–Kier alpha value is -2.60. The van der Waals surface area contributed by atoms with Crippen molar-refractivity contribution in [1.29, 1.82) is 0 Å². The number of aryl methyl sites for hydroxylation is 1. The van der Waals surface area contributed by atoms with E-state index in [0.29, 0.717) is 16.8 Å². The first-order valence-electron chi connectivity index (χ1n) is 8.14. The third-order valence-corrected chi connectivity index (χ3v) is 5.26. The summed E-state index contributed by atoms with van der Waals surface area (Å²) in [6, 6.07) is 10.9. The smallest absolute Gasteiger partial charge is 0.302 e. The van der Waals surface area contributed by atoms with Crippen LogP contribution in [0, 0.1) is 13.8 Å². The quantitative estimate of drug-likeness (QED) is 0.518. The molecule has 26 heavy (non-hydrogen) atoms. The van der Waals surface area contributed by atoms with E-state index in [0.717, 1.165) is 26.7 Å². The first kappa shape index (κ1) is 18.2. The number of halogens is 1. The van der Waals surface area contributed by atoms with Crippen molar-refractivity contribution in [2.45, 2.75) is 27.4 Å². The number of nitrogen functional groups attached to an aromatic ring is 1. The van der Waals surface area contributed by atoms with Crippen molar-refractivity contribution in [2.24, 2.45) is 0 Å². The number of hydrogen-bond donors (Lipinski definition) is 1. The number of carbonyl (C=O) groups excluding carboxylic acids is 1. The highest BCUT2D eigenvalue weighted by Crippen LogP contribution is 2.28. The van der Waals surface area contributed by atoms with Crippen LogP contribution >= 0.6 is 15.9 Å². The molecule has 0 saturated carbocycles. The van der Waals surface area contributed by atoms with Crippen LogP contribution in [0.4, 0.5) is 5.69 Å². The maximum absolute atomic E-state index is 13.2. The predicted molar refractivity (Wildman–Crippen MR) is 107 cm³/mol. The van der Waals surface area contributed by atoms with Gasteiger partial charge in [-0.1, -0.05) is 22.0 Å². The van der Waals surface area contributed by atoms with Gasteiger partial charge in [0, 0.05) is 33.7 Å². The topological polar surface area (TPSA) is 74.3 Å². The fourth-order valence-corrected chi connectivity index (χ4v) is 3.53. The van der Waals surface area contributed by atoms with Crippen molar-refractivity contribution in [3.8, 4) is 5.69 Å². The lowest BCUT2D eigenvalue weighted by Gasteiger charge is -2.19. The van der Waals surface area contributed by atoms with Crippen LogP contribution < -0.4 is 11.3 Å². The Morgan fingerprint density at radius 2 is 1.92 bits per heavy atom. The number of anilines is 1. The van der Waals surface area contributed by atoms with Crippen LogP contribution in [0.2, 0.25) is 0 Å². The number of carbonyl (C=O) groups is 1. The van der Waals surface area contributed by atoms with Crippen LogP contribution in [0.25, 0.3) is 16.5 Å². The van der Waals surface area contributed by atoms with E-state index in [4.69, 9.17) is 10.5 Å². The predicted octanol–water partition coefficient (Wildman–Crippen LogP) is 4.02. The van der Waals surface area contributed by atoms with Gasteiger partial charge >= 0.3 is 5.97 Å². The molecule has 0 aliphatic heterocycles. The summed E-state index contributed by atoms with van der Waals surface area (Å²) in [4.78, 5) is 24.5. The maximum Gasteiger partial charge on any atom is 0.302 e. The van der Waals surface area contributed by atoms with E-state index in [-0.39, 0.29) is 18.1 Å². The molecule has 134 valence electrons. The van der Waals surface area contributed by atoms with E-state index in [2.05, 4.69) is 15.9 Å². The van der Waals surface area contributed by atoms with Gasteiger partial charge in [-0.25, -0.2) is 0 Å². The number of esters is 1. The zero-order valence-electron chi connectivity index (χ0n) is 14.8. The number of ether oxygens (including phenoxy) is 1. The van der Waals surface area contributed by atoms with E-state index in [1.165, 1.54) is 6.92 Å². The van der Waals surface area contributed by atoms with Crippen LogP contribution in [0.3, 0.4) is 0 Å². The van der Waals surface area contributed by atoms with E-state index >= 15 is 0 Å². The molecule has 1 aromatic heterocycles. The summed E-state index contributed by atoms with van der Waals surface area (Å²) in [6.07, 6.45) is 0. The van der Waals surface area contributed by atoms with Crippen LogP contribution in [-0.2, 0) is 16.1 Å². The van der Waals surface area contributed by atoms with Gasteiger partial charge < -0.3 is 10.5 Å². The molecule has 6 heteroatoms. The summed E-state index contributed by atoms with van der Waals surface area (Å²) in [6.45, 7) is 5.31. The molecule has 0 atom stereocenters. The summed E-state index contributed by atoms with van der Waals surface area (Å²) >= 11 is 3.50. The van der Waals surface area contributed by atoms with Crippen molar-refractivity contribution >= 4 is 38.4 Å². The fraction of sp³-hybridized carbons (Fsp3) is 0.200. The lowest BCUT2D eigenvalue weighted by molar-refractivity contribution is -0.142. The van der Waals surface area contributed by atoms with E-state index < -0.39 is 0 Å². The molecule has 0 amide bonds. The molecule has 0 aliphatic rings. The molecule has 0 aliphatic carbocycles. The highest BCUT2D eigenvalue weighted by atomic mass is 79.9. The minimum atomic E-state index is -0.374. The Labute approximate surface area is 159 Å². The minimum Gasteiger partial charge on any atom is -0.461 e. The zero-order chi connectivity index (χ0) is 19.0. The van der Waals surface area contributed by atoms with Crippen molar-refractivity contribution in [3.05, 3.63) is 68.0 Å². The van der Waals surface area contributed by atoms with Gasteiger partial charge in [-0.15, -0.1) is 0 Å². The summed E-state index contributed by atoms with van der Waals surface area (Å²) in [5, 5.41) is 1.45. The second-order valence-electron chi connectivity index (χ2n) is 6.17. The van der Waals surface area contributed by atoms with Crippen molar-refractivity contribution in [2.75, 3.05) is 5.73 Å². The average Bonchev–Trinajstić information content (AvgIpc) is 2.59. The Kier molecular flexibility index (Phi) is 4.87. The van der Waals surface area contributed by atoms with E-state index in [9.17, 15) is 9.59 Å². The van der Waals surface area contributed by atoms with Gasteiger partial charge in [0.25, 0.3) is 5.56 Å². The molecule has 1 heterocycles. The lowest BCUT2D eigenvalue weighted by Crippen LogP contribution is -2.23. The zero-order valence-corrected chi connectivity index (χ0v) is 16.4. The molecule has 3 aromatic rings.